The lowest BCUT2D eigenvalue weighted by atomic mass is 10.0. The molecule has 7 nitrogen and oxygen atoms in total. The van der Waals surface area contributed by atoms with Gasteiger partial charge in [0, 0.05) is 17.5 Å². The van der Waals surface area contributed by atoms with E-state index in [4.69, 9.17) is 10.5 Å². The van der Waals surface area contributed by atoms with Gasteiger partial charge in [-0.05, 0) is 67.2 Å². The summed E-state index contributed by atoms with van der Waals surface area (Å²) >= 11 is 4.55. The van der Waals surface area contributed by atoms with E-state index in [9.17, 15) is 14.4 Å². The first-order chi connectivity index (χ1) is 13.5. The Hall–Kier alpha value is -3.35. The first-order valence-corrected chi connectivity index (χ1v) is 8.91. The second kappa shape index (κ2) is 10.7. The van der Waals surface area contributed by atoms with Crippen LogP contribution in [0, 0.1) is 0 Å². The Balaban J connectivity index is 1.82. The zero-order chi connectivity index (χ0) is 20.4. The fraction of sp³-hybridized carbons (Fsp3) is 0.200. The summed E-state index contributed by atoms with van der Waals surface area (Å²) in [5, 5.41) is 4.68. The normalized spacial score (nSPS) is 9.86. The number of benzene rings is 2. The molecular weight excluding hydrogens is 378 g/mol. The SMILES string of the molecule is NC(=O)CNC(=O)CCCOc1ccc(C(=O)c2ccc(N=C=S)cc2)cc1. The quantitative estimate of drug-likeness (QED) is 0.277. The van der Waals surface area contributed by atoms with Crippen LogP contribution in [0.4, 0.5) is 5.69 Å². The van der Waals surface area contributed by atoms with Crippen LogP contribution in [0.15, 0.2) is 53.5 Å². The number of aliphatic imine (C=N–C) groups is 1. The second-order valence-corrected chi connectivity index (χ2v) is 5.98. The van der Waals surface area contributed by atoms with E-state index in [2.05, 4.69) is 27.7 Å². The molecule has 0 saturated heterocycles. The number of nitrogens with two attached hydrogens (primary N) is 1. The van der Waals surface area contributed by atoms with Crippen LogP contribution in [0.25, 0.3) is 0 Å². The summed E-state index contributed by atoms with van der Waals surface area (Å²) < 4.78 is 5.55. The van der Waals surface area contributed by atoms with Crippen LogP contribution in [0.2, 0.25) is 0 Å². The summed E-state index contributed by atoms with van der Waals surface area (Å²) in [6.45, 7) is 0.163. The van der Waals surface area contributed by atoms with Crippen molar-refractivity contribution in [1.82, 2.24) is 5.32 Å². The minimum Gasteiger partial charge on any atom is -0.494 e. The lowest BCUT2D eigenvalue weighted by Gasteiger charge is -2.07. The van der Waals surface area contributed by atoms with Gasteiger partial charge in [-0.15, -0.1) is 0 Å². The maximum absolute atomic E-state index is 12.5. The Labute approximate surface area is 167 Å². The molecule has 0 unspecified atom stereocenters. The van der Waals surface area contributed by atoms with Gasteiger partial charge in [-0.3, -0.25) is 14.4 Å². The lowest BCUT2D eigenvalue weighted by Crippen LogP contribution is -2.33. The Morgan fingerprint density at radius 3 is 2.21 bits per heavy atom. The van der Waals surface area contributed by atoms with Crippen LogP contribution in [0.1, 0.15) is 28.8 Å². The molecule has 2 aromatic carbocycles. The number of hydrogen-bond acceptors (Lipinski definition) is 6. The third kappa shape index (κ3) is 6.75. The molecule has 8 heteroatoms. The third-order valence-electron chi connectivity index (χ3n) is 3.70. The minimum atomic E-state index is -0.585. The lowest BCUT2D eigenvalue weighted by molar-refractivity contribution is -0.124. The number of amides is 2. The highest BCUT2D eigenvalue weighted by Gasteiger charge is 2.09. The number of isothiocyanates is 1. The van der Waals surface area contributed by atoms with Crippen molar-refractivity contribution in [2.45, 2.75) is 12.8 Å². The zero-order valence-electron chi connectivity index (χ0n) is 15.0. The molecule has 0 aliphatic carbocycles. The zero-order valence-corrected chi connectivity index (χ0v) is 15.8. The molecule has 0 aromatic heterocycles. The minimum absolute atomic E-state index is 0.115. The molecule has 0 saturated carbocycles. The number of nitrogens with one attached hydrogen (secondary N) is 1. The van der Waals surface area contributed by atoms with Crippen molar-refractivity contribution in [3.8, 4) is 5.75 Å². The number of ketones is 1. The summed E-state index contributed by atoms with van der Waals surface area (Å²) in [5.74, 6) is -0.361. The average molecular weight is 397 g/mol. The fourth-order valence-electron chi connectivity index (χ4n) is 2.31. The first kappa shape index (κ1) is 21.0. The van der Waals surface area contributed by atoms with Gasteiger partial charge in [0.1, 0.15) is 5.75 Å². The molecule has 144 valence electrons. The molecule has 0 fully saturated rings. The van der Waals surface area contributed by atoms with Gasteiger partial charge in [0.15, 0.2) is 5.78 Å². The van der Waals surface area contributed by atoms with E-state index >= 15 is 0 Å². The van der Waals surface area contributed by atoms with E-state index in [0.29, 0.717) is 35.6 Å². The monoisotopic (exact) mass is 397 g/mol. The summed E-state index contributed by atoms with van der Waals surface area (Å²) in [6, 6.07) is 13.5. The van der Waals surface area contributed by atoms with Gasteiger partial charge < -0.3 is 15.8 Å². The van der Waals surface area contributed by atoms with Gasteiger partial charge in [-0.25, -0.2) is 0 Å². The van der Waals surface area contributed by atoms with E-state index in [1.807, 2.05) is 0 Å². The maximum Gasteiger partial charge on any atom is 0.236 e. The predicted octanol–water partition coefficient (Wildman–Crippen LogP) is 2.41. The Bertz CT molecular complexity index is 889. The van der Waals surface area contributed by atoms with Crippen molar-refractivity contribution < 1.29 is 19.1 Å². The average Bonchev–Trinajstić information content (AvgIpc) is 2.70. The molecule has 2 aromatic rings. The van der Waals surface area contributed by atoms with E-state index in [1.54, 1.807) is 48.5 Å². The van der Waals surface area contributed by atoms with E-state index in [0.717, 1.165) is 0 Å². The number of ether oxygens (including phenoxy) is 1. The molecule has 0 aliphatic heterocycles. The van der Waals surface area contributed by atoms with Crippen LogP contribution in [0.5, 0.6) is 5.75 Å². The number of nitrogens with zero attached hydrogens (tertiary/aromatic N) is 1. The Morgan fingerprint density at radius 1 is 1.04 bits per heavy atom. The Morgan fingerprint density at radius 2 is 1.64 bits per heavy atom. The highest BCUT2D eigenvalue weighted by atomic mass is 32.1. The molecule has 3 N–H and O–H groups in total. The third-order valence-corrected chi connectivity index (χ3v) is 3.79. The van der Waals surface area contributed by atoms with Gasteiger partial charge in [0.05, 0.1) is 24.0 Å². The van der Waals surface area contributed by atoms with Crippen molar-refractivity contribution in [1.29, 1.82) is 0 Å². The molecule has 0 heterocycles. The van der Waals surface area contributed by atoms with Crippen molar-refractivity contribution in [3.05, 3.63) is 59.7 Å². The molecule has 0 aliphatic rings. The van der Waals surface area contributed by atoms with Crippen molar-refractivity contribution in [3.63, 3.8) is 0 Å². The maximum atomic E-state index is 12.5. The van der Waals surface area contributed by atoms with Crippen LogP contribution < -0.4 is 15.8 Å². The first-order valence-electron chi connectivity index (χ1n) is 8.50. The topological polar surface area (TPSA) is 111 Å². The number of carbonyl (C=O) groups excluding carboxylic acids is 3. The molecule has 2 amide bonds. The van der Waals surface area contributed by atoms with Crippen LogP contribution in [-0.2, 0) is 9.59 Å². The molecule has 2 rings (SSSR count). The van der Waals surface area contributed by atoms with E-state index in [-0.39, 0.29) is 24.7 Å². The smallest absolute Gasteiger partial charge is 0.236 e. The van der Waals surface area contributed by atoms with Crippen LogP contribution in [-0.4, -0.2) is 35.9 Å². The number of hydrogen-bond donors (Lipinski definition) is 2. The van der Waals surface area contributed by atoms with Gasteiger partial charge in [-0.1, -0.05) is 0 Å². The number of thiocarbonyl (C=S) groups is 1. The number of carbonyl (C=O) groups is 3. The highest BCUT2D eigenvalue weighted by molar-refractivity contribution is 7.78. The largest absolute Gasteiger partial charge is 0.494 e. The molecule has 0 radical (unpaired) electrons. The van der Waals surface area contributed by atoms with Gasteiger partial charge >= 0.3 is 0 Å². The molecule has 0 spiro atoms. The van der Waals surface area contributed by atoms with E-state index in [1.165, 1.54) is 0 Å². The van der Waals surface area contributed by atoms with Crippen molar-refractivity contribution in [2.75, 3.05) is 13.2 Å². The van der Waals surface area contributed by atoms with E-state index < -0.39 is 5.91 Å². The second-order valence-electron chi connectivity index (χ2n) is 5.80. The molecule has 0 atom stereocenters. The standard InChI is InChI=1S/C20H19N3O4S/c21-18(24)12-22-19(25)2-1-11-27-17-9-5-15(6-10-17)20(26)14-3-7-16(8-4-14)23-13-28/h3-10H,1-2,11-12H2,(H2,21,24)(H,22,25). The number of primary amides is 1. The summed E-state index contributed by atoms with van der Waals surface area (Å²) in [5.41, 5.74) is 6.66. The summed E-state index contributed by atoms with van der Waals surface area (Å²) in [7, 11) is 0. The van der Waals surface area contributed by atoms with Crippen LogP contribution >= 0.6 is 12.2 Å². The van der Waals surface area contributed by atoms with Crippen molar-refractivity contribution >= 4 is 40.7 Å². The fourth-order valence-corrected chi connectivity index (χ4v) is 2.41. The summed E-state index contributed by atoms with van der Waals surface area (Å²) in [4.78, 5) is 38.4. The molecule has 0 bridgehead atoms. The van der Waals surface area contributed by atoms with Gasteiger partial charge in [-0.2, -0.15) is 4.99 Å². The van der Waals surface area contributed by atoms with Gasteiger partial charge in [0.25, 0.3) is 0 Å². The highest BCUT2D eigenvalue weighted by Crippen LogP contribution is 2.18. The predicted molar refractivity (Wildman–Crippen MR) is 108 cm³/mol. The van der Waals surface area contributed by atoms with Crippen LogP contribution in [0.3, 0.4) is 0 Å². The molecule has 28 heavy (non-hydrogen) atoms. The number of rotatable bonds is 10. The Kier molecular flexibility index (Phi) is 8.02. The summed E-state index contributed by atoms with van der Waals surface area (Å²) in [6.07, 6.45) is 0.717. The molecular formula is C20H19N3O4S. The van der Waals surface area contributed by atoms with Gasteiger partial charge in [0.2, 0.25) is 11.8 Å². The van der Waals surface area contributed by atoms with Crippen molar-refractivity contribution in [2.24, 2.45) is 10.7 Å².